The third-order valence-electron chi connectivity index (χ3n) is 6.26. The Morgan fingerprint density at radius 1 is 1.39 bits per heavy atom. The molecule has 0 radical (unpaired) electrons. The number of pyridine rings is 1. The number of ether oxygens (including phenoxy) is 1. The van der Waals surface area contributed by atoms with E-state index in [2.05, 4.69) is 38.8 Å². The van der Waals surface area contributed by atoms with E-state index in [0.29, 0.717) is 11.5 Å². The summed E-state index contributed by atoms with van der Waals surface area (Å²) in [5.41, 5.74) is 2.03. The molecule has 0 bridgehead atoms. The molecule has 2 unspecified atom stereocenters. The van der Waals surface area contributed by atoms with Crippen molar-refractivity contribution in [3.63, 3.8) is 0 Å². The Kier molecular flexibility index (Phi) is 4.79. The van der Waals surface area contributed by atoms with E-state index >= 15 is 0 Å². The van der Waals surface area contributed by atoms with Gasteiger partial charge in [-0.15, -0.1) is 0 Å². The van der Waals surface area contributed by atoms with Crippen LogP contribution in [0.1, 0.15) is 59.8 Å². The molecule has 4 atom stereocenters. The van der Waals surface area contributed by atoms with Crippen LogP contribution in [0, 0.1) is 23.2 Å². The summed E-state index contributed by atoms with van der Waals surface area (Å²) < 4.78 is 6.19. The quantitative estimate of drug-likeness (QED) is 0.670. The van der Waals surface area contributed by atoms with Crippen molar-refractivity contribution in [3.05, 3.63) is 36.2 Å². The third-order valence-corrected chi connectivity index (χ3v) is 6.26. The van der Waals surface area contributed by atoms with Gasteiger partial charge in [0.15, 0.2) is 0 Å². The minimum atomic E-state index is 0.310. The molecule has 2 aliphatic carbocycles. The van der Waals surface area contributed by atoms with Crippen LogP contribution >= 0.6 is 0 Å². The Morgan fingerprint density at radius 2 is 2.22 bits per heavy atom. The topological polar surface area (TPSA) is 22.1 Å². The van der Waals surface area contributed by atoms with Crippen LogP contribution in [0.2, 0.25) is 0 Å². The van der Waals surface area contributed by atoms with E-state index in [1.807, 2.05) is 18.3 Å². The Hall–Kier alpha value is -1.31. The maximum Gasteiger partial charge on any atom is 0.138 e. The normalized spacial score (nSPS) is 34.0. The van der Waals surface area contributed by atoms with E-state index in [4.69, 9.17) is 4.74 Å². The first kappa shape index (κ1) is 16.5. The molecule has 1 saturated carbocycles. The number of fused-ring (bicyclic) bond motifs is 1. The molecule has 0 aliphatic heterocycles. The molecule has 1 heterocycles. The Bertz CT molecular complexity index is 550. The SMILES string of the molecule is CCC1CC=C2C[C@@H](Oc3cccnc3)CC[C@]2(C)C1C(C)C. The lowest BCUT2D eigenvalue weighted by Gasteiger charge is -2.52. The first-order valence-corrected chi connectivity index (χ1v) is 9.30. The summed E-state index contributed by atoms with van der Waals surface area (Å²) in [6.07, 6.45) is 12.5. The molecule has 1 aromatic heterocycles. The molecule has 23 heavy (non-hydrogen) atoms. The highest BCUT2D eigenvalue weighted by molar-refractivity contribution is 5.25. The van der Waals surface area contributed by atoms with Crippen LogP contribution in [0.25, 0.3) is 0 Å². The van der Waals surface area contributed by atoms with Gasteiger partial charge < -0.3 is 4.74 Å². The van der Waals surface area contributed by atoms with Gasteiger partial charge in [0.25, 0.3) is 0 Å². The monoisotopic (exact) mass is 313 g/mol. The standard InChI is InChI=1S/C21H31NO/c1-5-16-8-9-17-13-18(23-19-7-6-12-22-14-19)10-11-21(17,4)20(16)15(2)3/h6-7,9,12,14-16,18,20H,5,8,10-11,13H2,1-4H3/t16?,18-,20?,21-/m0/s1. The van der Waals surface area contributed by atoms with E-state index in [0.717, 1.165) is 36.3 Å². The molecule has 0 aromatic carbocycles. The van der Waals surface area contributed by atoms with Crippen LogP contribution < -0.4 is 4.74 Å². The van der Waals surface area contributed by atoms with Gasteiger partial charge in [0.05, 0.1) is 6.20 Å². The fourth-order valence-electron chi connectivity index (χ4n) is 5.27. The van der Waals surface area contributed by atoms with E-state index in [-0.39, 0.29) is 0 Å². The molecule has 1 fully saturated rings. The molecule has 126 valence electrons. The molecule has 1 aromatic rings. The van der Waals surface area contributed by atoms with Crippen molar-refractivity contribution in [2.75, 3.05) is 0 Å². The summed E-state index contributed by atoms with van der Waals surface area (Å²) in [5.74, 6) is 3.32. The predicted octanol–water partition coefficient (Wildman–Crippen LogP) is 5.65. The number of rotatable bonds is 4. The zero-order chi connectivity index (χ0) is 16.4. The van der Waals surface area contributed by atoms with Crippen molar-refractivity contribution in [1.82, 2.24) is 4.98 Å². The number of aromatic nitrogens is 1. The van der Waals surface area contributed by atoms with Crippen molar-refractivity contribution >= 4 is 0 Å². The van der Waals surface area contributed by atoms with Gasteiger partial charge in [0.1, 0.15) is 11.9 Å². The molecule has 2 aliphatic rings. The van der Waals surface area contributed by atoms with E-state index in [1.54, 1.807) is 11.8 Å². The van der Waals surface area contributed by atoms with Gasteiger partial charge in [-0.25, -0.2) is 0 Å². The molecular weight excluding hydrogens is 282 g/mol. The lowest BCUT2D eigenvalue weighted by Crippen LogP contribution is -2.45. The maximum atomic E-state index is 6.19. The number of hydrogen-bond acceptors (Lipinski definition) is 2. The number of allylic oxidation sites excluding steroid dienone is 1. The van der Waals surface area contributed by atoms with Crippen LogP contribution in [-0.2, 0) is 0 Å². The molecule has 3 rings (SSSR count). The summed E-state index contributed by atoms with van der Waals surface area (Å²) >= 11 is 0. The molecule has 2 nitrogen and oxygen atoms in total. The second-order valence-corrected chi connectivity index (χ2v) is 7.99. The van der Waals surface area contributed by atoms with Crippen LogP contribution in [-0.4, -0.2) is 11.1 Å². The van der Waals surface area contributed by atoms with E-state index < -0.39 is 0 Å². The van der Waals surface area contributed by atoms with Crippen molar-refractivity contribution in [1.29, 1.82) is 0 Å². The third kappa shape index (κ3) is 3.18. The summed E-state index contributed by atoms with van der Waals surface area (Å²) in [5, 5.41) is 0. The minimum absolute atomic E-state index is 0.310. The summed E-state index contributed by atoms with van der Waals surface area (Å²) in [6.45, 7) is 9.71. The van der Waals surface area contributed by atoms with E-state index in [9.17, 15) is 0 Å². The maximum absolute atomic E-state index is 6.19. The Balaban J connectivity index is 1.77. The van der Waals surface area contributed by atoms with Crippen LogP contribution in [0.4, 0.5) is 0 Å². The molecular formula is C21H31NO. The molecule has 2 heteroatoms. The second kappa shape index (κ2) is 6.67. The first-order valence-electron chi connectivity index (χ1n) is 9.30. The van der Waals surface area contributed by atoms with Gasteiger partial charge in [-0.1, -0.05) is 45.8 Å². The summed E-state index contributed by atoms with van der Waals surface area (Å²) in [4.78, 5) is 4.16. The van der Waals surface area contributed by atoms with Crippen molar-refractivity contribution in [2.24, 2.45) is 23.2 Å². The van der Waals surface area contributed by atoms with Crippen molar-refractivity contribution in [3.8, 4) is 5.75 Å². The number of hydrogen-bond donors (Lipinski definition) is 0. The Morgan fingerprint density at radius 3 is 2.87 bits per heavy atom. The molecule has 0 N–H and O–H groups in total. The highest BCUT2D eigenvalue weighted by atomic mass is 16.5. The highest BCUT2D eigenvalue weighted by Gasteiger charge is 2.47. The van der Waals surface area contributed by atoms with Gasteiger partial charge in [-0.05, 0) is 54.6 Å². The van der Waals surface area contributed by atoms with Gasteiger partial charge in [-0.3, -0.25) is 4.98 Å². The van der Waals surface area contributed by atoms with Gasteiger partial charge in [0.2, 0.25) is 0 Å². The van der Waals surface area contributed by atoms with Crippen molar-refractivity contribution in [2.45, 2.75) is 65.9 Å². The largest absolute Gasteiger partial charge is 0.488 e. The molecule has 0 amide bonds. The van der Waals surface area contributed by atoms with Crippen molar-refractivity contribution < 1.29 is 4.74 Å². The zero-order valence-corrected chi connectivity index (χ0v) is 15.1. The van der Waals surface area contributed by atoms with Crippen LogP contribution in [0.5, 0.6) is 5.75 Å². The average Bonchev–Trinajstić information content (AvgIpc) is 2.54. The number of nitrogens with zero attached hydrogens (tertiary/aromatic N) is 1. The lowest BCUT2D eigenvalue weighted by atomic mass is 9.53. The summed E-state index contributed by atoms with van der Waals surface area (Å²) in [6, 6.07) is 3.96. The fourth-order valence-corrected chi connectivity index (χ4v) is 5.27. The Labute approximate surface area is 141 Å². The lowest BCUT2D eigenvalue weighted by molar-refractivity contribution is 0.0343. The van der Waals surface area contributed by atoms with Crippen LogP contribution in [0.15, 0.2) is 36.2 Å². The first-order chi connectivity index (χ1) is 11.0. The molecule has 0 saturated heterocycles. The fraction of sp³-hybridized carbons (Fsp3) is 0.667. The van der Waals surface area contributed by atoms with E-state index in [1.165, 1.54) is 19.3 Å². The van der Waals surface area contributed by atoms with Gasteiger partial charge >= 0.3 is 0 Å². The van der Waals surface area contributed by atoms with Gasteiger partial charge in [-0.2, -0.15) is 0 Å². The zero-order valence-electron chi connectivity index (χ0n) is 15.1. The average molecular weight is 313 g/mol. The smallest absolute Gasteiger partial charge is 0.138 e. The minimum Gasteiger partial charge on any atom is -0.488 e. The van der Waals surface area contributed by atoms with Crippen LogP contribution in [0.3, 0.4) is 0 Å². The second-order valence-electron chi connectivity index (χ2n) is 7.99. The molecule has 0 spiro atoms. The van der Waals surface area contributed by atoms with Gasteiger partial charge in [0, 0.05) is 12.6 Å². The predicted molar refractivity (Wildman–Crippen MR) is 95.4 cm³/mol. The summed E-state index contributed by atoms with van der Waals surface area (Å²) in [7, 11) is 0. The highest BCUT2D eigenvalue weighted by Crippen LogP contribution is 2.55.